The van der Waals surface area contributed by atoms with Gasteiger partial charge in [0, 0.05) is 24.0 Å². The molecule has 0 spiro atoms. The molecule has 4 aromatic rings. The van der Waals surface area contributed by atoms with E-state index in [1.54, 1.807) is 17.7 Å². The van der Waals surface area contributed by atoms with E-state index < -0.39 is 6.04 Å². The molecule has 0 radical (unpaired) electrons. The van der Waals surface area contributed by atoms with E-state index in [-0.39, 0.29) is 17.6 Å². The van der Waals surface area contributed by atoms with Gasteiger partial charge < -0.3 is 15.2 Å². The Hall–Kier alpha value is -3.20. The standard InChI is InChI=1S/C23H26N6O2S/c1-13-15(3)32-21-19(13)20(24-12-25-21)26-14(2)22(30)28-10-8-16(9-11-28)29-18-7-5-4-6-17(18)27-23(29)31/h4-7,12,14,16H,8-11H2,1-3H3,(H,27,31)(H,24,25,26). The molecule has 1 amide bonds. The lowest BCUT2D eigenvalue weighted by Crippen LogP contribution is -2.46. The lowest BCUT2D eigenvalue weighted by molar-refractivity contribution is -0.132. The first-order valence-electron chi connectivity index (χ1n) is 10.9. The third-order valence-corrected chi connectivity index (χ3v) is 7.57. The number of thiophene rings is 1. The first kappa shape index (κ1) is 20.7. The number of hydrogen-bond acceptors (Lipinski definition) is 6. The SMILES string of the molecule is Cc1sc2ncnc(NC(C)C(=O)N3CCC(n4c(=O)[nH]c5ccccc54)CC3)c2c1C. The van der Waals surface area contributed by atoms with Crippen LogP contribution in [0.2, 0.25) is 0 Å². The second-order valence-electron chi connectivity index (χ2n) is 8.43. The van der Waals surface area contributed by atoms with Crippen molar-refractivity contribution in [3.8, 4) is 0 Å². The first-order chi connectivity index (χ1) is 15.4. The molecule has 0 saturated carbocycles. The summed E-state index contributed by atoms with van der Waals surface area (Å²) in [5, 5.41) is 4.30. The molecular formula is C23H26N6O2S. The summed E-state index contributed by atoms with van der Waals surface area (Å²) in [6.45, 7) is 7.26. The van der Waals surface area contributed by atoms with E-state index in [1.165, 1.54) is 4.88 Å². The predicted octanol–water partition coefficient (Wildman–Crippen LogP) is 3.62. The van der Waals surface area contributed by atoms with Crippen LogP contribution >= 0.6 is 11.3 Å². The van der Waals surface area contributed by atoms with Gasteiger partial charge in [-0.2, -0.15) is 0 Å². The minimum atomic E-state index is -0.403. The smallest absolute Gasteiger partial charge is 0.326 e. The third-order valence-electron chi connectivity index (χ3n) is 6.45. The van der Waals surface area contributed by atoms with Crippen LogP contribution in [0, 0.1) is 13.8 Å². The Balaban J connectivity index is 1.28. The van der Waals surface area contributed by atoms with Crippen molar-refractivity contribution < 1.29 is 4.79 Å². The van der Waals surface area contributed by atoms with Crippen molar-refractivity contribution in [1.82, 2.24) is 24.4 Å². The van der Waals surface area contributed by atoms with E-state index in [4.69, 9.17) is 0 Å². The number of nitrogens with zero attached hydrogens (tertiary/aromatic N) is 4. The lowest BCUT2D eigenvalue weighted by Gasteiger charge is -2.34. The highest BCUT2D eigenvalue weighted by Gasteiger charge is 2.29. The van der Waals surface area contributed by atoms with E-state index in [9.17, 15) is 9.59 Å². The quantitative estimate of drug-likeness (QED) is 0.495. The largest absolute Gasteiger partial charge is 0.358 e. The number of H-pyrrole nitrogens is 1. The number of piperidine rings is 1. The summed E-state index contributed by atoms with van der Waals surface area (Å²) in [5.74, 6) is 0.754. The van der Waals surface area contributed by atoms with Gasteiger partial charge in [-0.05, 0) is 51.3 Å². The number of likely N-dealkylation sites (tertiary alicyclic amines) is 1. The number of carbonyl (C=O) groups excluding carboxylic acids is 1. The fraction of sp³-hybridized carbons (Fsp3) is 0.391. The maximum Gasteiger partial charge on any atom is 0.326 e. The Bertz CT molecular complexity index is 1360. The van der Waals surface area contributed by atoms with Crippen LogP contribution in [0.1, 0.15) is 36.2 Å². The van der Waals surface area contributed by atoms with Gasteiger partial charge in [-0.1, -0.05) is 12.1 Å². The van der Waals surface area contributed by atoms with Gasteiger partial charge in [0.25, 0.3) is 0 Å². The van der Waals surface area contributed by atoms with Crippen molar-refractivity contribution in [2.24, 2.45) is 0 Å². The maximum atomic E-state index is 13.1. The number of benzene rings is 1. The van der Waals surface area contributed by atoms with Gasteiger partial charge in [-0.25, -0.2) is 14.8 Å². The van der Waals surface area contributed by atoms with Crippen molar-refractivity contribution in [2.45, 2.75) is 45.7 Å². The monoisotopic (exact) mass is 450 g/mol. The summed E-state index contributed by atoms with van der Waals surface area (Å²) in [5.41, 5.74) is 2.84. The first-order valence-corrected chi connectivity index (χ1v) is 11.7. The summed E-state index contributed by atoms with van der Waals surface area (Å²) in [7, 11) is 0. The zero-order valence-corrected chi connectivity index (χ0v) is 19.2. The summed E-state index contributed by atoms with van der Waals surface area (Å²) in [6, 6.07) is 7.43. The average molecular weight is 451 g/mol. The molecule has 5 rings (SSSR count). The van der Waals surface area contributed by atoms with E-state index in [1.807, 2.05) is 40.7 Å². The number of hydrogen-bond donors (Lipinski definition) is 2. The van der Waals surface area contributed by atoms with Crippen molar-refractivity contribution >= 4 is 44.3 Å². The van der Waals surface area contributed by atoms with Crippen LogP contribution in [0.15, 0.2) is 35.4 Å². The molecule has 1 atom stereocenters. The molecule has 1 aliphatic heterocycles. The molecule has 9 heteroatoms. The van der Waals surface area contributed by atoms with Crippen LogP contribution in [-0.4, -0.2) is 49.5 Å². The third kappa shape index (κ3) is 3.46. The molecule has 1 unspecified atom stereocenters. The second kappa shape index (κ2) is 8.05. The summed E-state index contributed by atoms with van der Waals surface area (Å²) in [6.07, 6.45) is 3.04. The molecule has 3 aromatic heterocycles. The number of para-hydroxylation sites is 2. The minimum Gasteiger partial charge on any atom is -0.358 e. The zero-order valence-electron chi connectivity index (χ0n) is 18.4. The number of fused-ring (bicyclic) bond motifs is 2. The Labute approximate surface area is 189 Å². The molecule has 0 aliphatic carbocycles. The van der Waals surface area contributed by atoms with Crippen molar-refractivity contribution in [3.63, 3.8) is 0 Å². The average Bonchev–Trinajstić information content (AvgIpc) is 3.29. The summed E-state index contributed by atoms with van der Waals surface area (Å²) in [4.78, 5) is 41.4. The molecule has 1 aliphatic rings. The van der Waals surface area contributed by atoms with Crippen LogP contribution < -0.4 is 11.0 Å². The molecule has 1 fully saturated rings. The number of imidazole rings is 1. The van der Waals surface area contributed by atoms with E-state index in [2.05, 4.69) is 34.1 Å². The van der Waals surface area contributed by atoms with Gasteiger partial charge in [-0.15, -0.1) is 11.3 Å². The van der Waals surface area contributed by atoms with Gasteiger partial charge in [-0.3, -0.25) is 9.36 Å². The molecule has 2 N–H and O–H groups in total. The topological polar surface area (TPSA) is 95.9 Å². The fourth-order valence-electron chi connectivity index (χ4n) is 4.61. The molecule has 0 bridgehead atoms. The molecule has 8 nitrogen and oxygen atoms in total. The molecular weight excluding hydrogens is 424 g/mol. The van der Waals surface area contributed by atoms with E-state index in [0.717, 1.165) is 39.7 Å². The highest BCUT2D eigenvalue weighted by atomic mass is 32.1. The number of rotatable bonds is 4. The van der Waals surface area contributed by atoms with Crippen molar-refractivity contribution in [1.29, 1.82) is 0 Å². The van der Waals surface area contributed by atoms with Gasteiger partial charge in [0.2, 0.25) is 5.91 Å². The van der Waals surface area contributed by atoms with Crippen LogP contribution in [0.25, 0.3) is 21.3 Å². The number of carbonyl (C=O) groups is 1. The molecule has 166 valence electrons. The lowest BCUT2D eigenvalue weighted by atomic mass is 10.0. The van der Waals surface area contributed by atoms with Crippen LogP contribution in [0.5, 0.6) is 0 Å². The van der Waals surface area contributed by atoms with Gasteiger partial charge in [0.05, 0.1) is 16.4 Å². The van der Waals surface area contributed by atoms with Crippen molar-refractivity contribution in [2.75, 3.05) is 18.4 Å². The summed E-state index contributed by atoms with van der Waals surface area (Å²) < 4.78 is 1.85. The Morgan fingerprint density at radius 2 is 1.97 bits per heavy atom. The Morgan fingerprint density at radius 1 is 1.22 bits per heavy atom. The predicted molar refractivity (Wildman–Crippen MR) is 127 cm³/mol. The maximum absolute atomic E-state index is 13.1. The zero-order chi connectivity index (χ0) is 22.4. The minimum absolute atomic E-state index is 0.0473. The highest BCUT2D eigenvalue weighted by Crippen LogP contribution is 2.33. The molecule has 1 aromatic carbocycles. The normalized spacial score (nSPS) is 16.0. The fourth-order valence-corrected chi connectivity index (χ4v) is 5.61. The highest BCUT2D eigenvalue weighted by molar-refractivity contribution is 7.18. The van der Waals surface area contributed by atoms with E-state index in [0.29, 0.717) is 18.9 Å². The van der Waals surface area contributed by atoms with Crippen molar-refractivity contribution in [3.05, 3.63) is 51.5 Å². The van der Waals surface area contributed by atoms with Crippen LogP contribution in [0.4, 0.5) is 5.82 Å². The van der Waals surface area contributed by atoms with Gasteiger partial charge >= 0.3 is 5.69 Å². The Morgan fingerprint density at radius 3 is 2.75 bits per heavy atom. The molecule has 4 heterocycles. The van der Waals surface area contributed by atoms with E-state index >= 15 is 0 Å². The summed E-state index contributed by atoms with van der Waals surface area (Å²) >= 11 is 1.64. The number of anilines is 1. The van der Waals surface area contributed by atoms with Crippen LogP contribution in [0.3, 0.4) is 0 Å². The number of aromatic amines is 1. The molecule has 32 heavy (non-hydrogen) atoms. The number of aromatic nitrogens is 4. The van der Waals surface area contributed by atoms with Gasteiger partial charge in [0.15, 0.2) is 0 Å². The van der Waals surface area contributed by atoms with Crippen LogP contribution in [-0.2, 0) is 4.79 Å². The molecule has 1 saturated heterocycles. The second-order valence-corrected chi connectivity index (χ2v) is 9.63. The number of amides is 1. The Kier molecular flexibility index (Phi) is 5.21. The number of nitrogens with one attached hydrogen (secondary N) is 2. The van der Waals surface area contributed by atoms with Gasteiger partial charge in [0.1, 0.15) is 23.0 Å². The number of aryl methyl sites for hydroxylation is 2.